The highest BCUT2D eigenvalue weighted by Gasteiger charge is 2.16. The number of aryl methyl sites for hydroxylation is 1. The largest absolute Gasteiger partial charge is 0.420 e. The summed E-state index contributed by atoms with van der Waals surface area (Å²) in [5, 5.41) is 8.03. The van der Waals surface area contributed by atoms with E-state index >= 15 is 0 Å². The summed E-state index contributed by atoms with van der Waals surface area (Å²) in [5.41, 5.74) is 0. The lowest BCUT2D eigenvalue weighted by atomic mass is 10.3. The number of likely N-dealkylation sites (N-methyl/N-ethyl adjacent to an activating group) is 1. The van der Waals surface area contributed by atoms with Crippen molar-refractivity contribution in [3.63, 3.8) is 0 Å². The summed E-state index contributed by atoms with van der Waals surface area (Å²) in [5.74, 6) is 0.939. The van der Waals surface area contributed by atoms with Gasteiger partial charge in [0.15, 0.2) is 5.78 Å². The third-order valence-corrected chi connectivity index (χ3v) is 5.73. The van der Waals surface area contributed by atoms with Gasteiger partial charge in [0.2, 0.25) is 11.8 Å². The number of amides is 1. The number of likely N-dealkylation sites (tertiary alicyclic amines) is 1. The molecule has 3 heterocycles. The fourth-order valence-electron chi connectivity index (χ4n) is 2.92. The molecule has 0 N–H and O–H groups in total. The van der Waals surface area contributed by atoms with Crippen molar-refractivity contribution in [1.82, 2.24) is 20.0 Å². The van der Waals surface area contributed by atoms with Gasteiger partial charge in [-0.05, 0) is 45.0 Å². The number of rotatable bonds is 8. The quantitative estimate of drug-likeness (QED) is 0.659. The molecule has 0 spiro atoms. The van der Waals surface area contributed by atoms with Gasteiger partial charge >= 0.3 is 0 Å². The van der Waals surface area contributed by atoms with Crippen LogP contribution in [-0.4, -0.2) is 64.9 Å². The van der Waals surface area contributed by atoms with Crippen LogP contribution in [-0.2, 0) is 11.2 Å². The zero-order valence-corrected chi connectivity index (χ0v) is 16.0. The normalized spacial score (nSPS) is 14.7. The Balaban J connectivity index is 1.47. The van der Waals surface area contributed by atoms with Crippen LogP contribution in [0.15, 0.2) is 16.5 Å². The molecule has 0 atom stereocenters. The highest BCUT2D eigenvalue weighted by molar-refractivity contribution is 7.17. The first-order valence-electron chi connectivity index (χ1n) is 8.93. The van der Waals surface area contributed by atoms with Crippen molar-refractivity contribution in [3.8, 4) is 10.8 Å². The Morgan fingerprint density at radius 3 is 2.73 bits per heavy atom. The van der Waals surface area contributed by atoms with Crippen molar-refractivity contribution in [2.75, 3.05) is 33.2 Å². The number of carbonyl (C=O) groups excluding carboxylic acids is 2. The molecule has 0 radical (unpaired) electrons. The van der Waals surface area contributed by atoms with Crippen molar-refractivity contribution in [2.24, 2.45) is 0 Å². The van der Waals surface area contributed by atoms with Gasteiger partial charge < -0.3 is 14.2 Å². The van der Waals surface area contributed by atoms with Crippen LogP contribution >= 0.6 is 11.3 Å². The molecule has 26 heavy (non-hydrogen) atoms. The minimum Gasteiger partial charge on any atom is -0.420 e. The lowest BCUT2D eigenvalue weighted by Gasteiger charge is -2.21. The van der Waals surface area contributed by atoms with E-state index in [1.54, 1.807) is 17.0 Å². The second kappa shape index (κ2) is 8.55. The van der Waals surface area contributed by atoms with Gasteiger partial charge in [0.1, 0.15) is 0 Å². The molecule has 0 saturated carbocycles. The van der Waals surface area contributed by atoms with Crippen LogP contribution in [0, 0.1) is 0 Å². The molecule has 140 valence electrons. The molecule has 3 rings (SSSR count). The second-order valence-corrected chi connectivity index (χ2v) is 7.67. The lowest BCUT2D eigenvalue weighted by Crippen LogP contribution is -2.35. The third kappa shape index (κ3) is 4.76. The molecule has 7 nitrogen and oxygen atoms in total. The van der Waals surface area contributed by atoms with Gasteiger partial charge in [0.25, 0.3) is 5.89 Å². The van der Waals surface area contributed by atoms with Crippen molar-refractivity contribution >= 4 is 23.0 Å². The van der Waals surface area contributed by atoms with E-state index in [2.05, 4.69) is 15.1 Å². The molecular weight excluding hydrogens is 352 g/mol. The van der Waals surface area contributed by atoms with E-state index < -0.39 is 0 Å². The summed E-state index contributed by atoms with van der Waals surface area (Å²) in [6, 6.07) is 3.56. The average molecular weight is 376 g/mol. The number of thiophene rings is 1. The monoisotopic (exact) mass is 376 g/mol. The van der Waals surface area contributed by atoms with E-state index in [-0.39, 0.29) is 11.7 Å². The van der Waals surface area contributed by atoms with Gasteiger partial charge in [-0.1, -0.05) is 0 Å². The Kier molecular flexibility index (Phi) is 6.16. The predicted octanol–water partition coefficient (Wildman–Crippen LogP) is 2.49. The number of hydrogen-bond donors (Lipinski definition) is 0. The summed E-state index contributed by atoms with van der Waals surface area (Å²) >= 11 is 1.33. The SMILES string of the molecule is CC(=O)c1ccc(-c2nnc(CCC(=O)N(C)CCN3CCCC3)o2)s1. The molecular formula is C18H24N4O3S. The minimum absolute atomic E-state index is 0.0172. The molecule has 0 aromatic carbocycles. The van der Waals surface area contributed by atoms with Gasteiger partial charge in [-0.3, -0.25) is 9.59 Å². The maximum Gasteiger partial charge on any atom is 0.257 e. The standard InChI is InChI=1S/C18H24N4O3S/c1-13(23)14-5-6-15(26-14)18-20-19-16(25-18)7-8-17(24)21(2)11-12-22-9-3-4-10-22/h5-6H,3-4,7-12H2,1-2H3. The number of hydrogen-bond acceptors (Lipinski definition) is 7. The van der Waals surface area contributed by atoms with Crippen molar-refractivity contribution in [1.29, 1.82) is 0 Å². The van der Waals surface area contributed by atoms with Gasteiger partial charge in [0, 0.05) is 33.0 Å². The number of carbonyl (C=O) groups is 2. The maximum absolute atomic E-state index is 12.3. The number of nitrogens with zero attached hydrogens (tertiary/aromatic N) is 4. The average Bonchev–Trinajstić information content (AvgIpc) is 3.38. The maximum atomic E-state index is 12.3. The predicted molar refractivity (Wildman–Crippen MR) is 99.2 cm³/mol. The van der Waals surface area contributed by atoms with Crippen molar-refractivity contribution in [3.05, 3.63) is 22.9 Å². The Labute approximate surface area is 157 Å². The Hall–Kier alpha value is -2.06. The van der Waals surface area contributed by atoms with Crippen LogP contribution in [0.25, 0.3) is 10.8 Å². The van der Waals surface area contributed by atoms with Crippen LogP contribution in [0.2, 0.25) is 0 Å². The first kappa shape index (κ1) is 18.7. The van der Waals surface area contributed by atoms with Crippen LogP contribution in [0.1, 0.15) is 41.7 Å². The van der Waals surface area contributed by atoms with Gasteiger partial charge in [-0.15, -0.1) is 21.5 Å². The summed E-state index contributed by atoms with van der Waals surface area (Å²) in [7, 11) is 1.84. The summed E-state index contributed by atoms with van der Waals surface area (Å²) < 4.78 is 5.63. The van der Waals surface area contributed by atoms with E-state index in [0.29, 0.717) is 29.5 Å². The van der Waals surface area contributed by atoms with E-state index in [0.717, 1.165) is 31.1 Å². The van der Waals surface area contributed by atoms with E-state index in [1.807, 2.05) is 7.05 Å². The fourth-order valence-corrected chi connectivity index (χ4v) is 3.75. The topological polar surface area (TPSA) is 79.5 Å². The number of aromatic nitrogens is 2. The zero-order valence-electron chi connectivity index (χ0n) is 15.2. The Morgan fingerprint density at radius 1 is 1.27 bits per heavy atom. The third-order valence-electron chi connectivity index (χ3n) is 4.56. The molecule has 0 bridgehead atoms. The Bertz CT molecular complexity index is 764. The van der Waals surface area contributed by atoms with E-state index in [1.165, 1.54) is 31.1 Å². The molecule has 1 amide bonds. The summed E-state index contributed by atoms with van der Waals surface area (Å²) in [6.45, 7) is 5.49. The van der Waals surface area contributed by atoms with Gasteiger partial charge in [-0.2, -0.15) is 0 Å². The highest BCUT2D eigenvalue weighted by Crippen LogP contribution is 2.27. The molecule has 2 aromatic rings. The molecule has 0 aliphatic carbocycles. The number of Topliss-reactive ketones (excluding diaryl/α,β-unsaturated/α-hetero) is 1. The van der Waals surface area contributed by atoms with Crippen LogP contribution in [0.5, 0.6) is 0 Å². The van der Waals surface area contributed by atoms with Crippen molar-refractivity contribution < 1.29 is 14.0 Å². The number of ketones is 1. The summed E-state index contributed by atoms with van der Waals surface area (Å²) in [6.07, 6.45) is 3.29. The van der Waals surface area contributed by atoms with Crippen LogP contribution < -0.4 is 0 Å². The molecule has 2 aromatic heterocycles. The van der Waals surface area contributed by atoms with Crippen LogP contribution in [0.3, 0.4) is 0 Å². The second-order valence-electron chi connectivity index (χ2n) is 6.59. The summed E-state index contributed by atoms with van der Waals surface area (Å²) in [4.78, 5) is 29.2. The van der Waals surface area contributed by atoms with E-state index in [9.17, 15) is 9.59 Å². The molecule has 1 fully saturated rings. The molecule has 1 aliphatic heterocycles. The first-order valence-corrected chi connectivity index (χ1v) is 9.74. The first-order chi connectivity index (χ1) is 12.5. The Morgan fingerprint density at radius 2 is 2.04 bits per heavy atom. The smallest absolute Gasteiger partial charge is 0.257 e. The van der Waals surface area contributed by atoms with Crippen LogP contribution in [0.4, 0.5) is 0 Å². The van der Waals surface area contributed by atoms with E-state index in [4.69, 9.17) is 4.42 Å². The molecule has 1 aliphatic rings. The minimum atomic E-state index is 0.0172. The molecule has 8 heteroatoms. The molecule has 1 saturated heterocycles. The van der Waals surface area contributed by atoms with Gasteiger partial charge in [-0.25, -0.2) is 0 Å². The molecule has 0 unspecified atom stereocenters. The van der Waals surface area contributed by atoms with Crippen molar-refractivity contribution in [2.45, 2.75) is 32.6 Å². The lowest BCUT2D eigenvalue weighted by molar-refractivity contribution is -0.130. The zero-order chi connectivity index (χ0) is 18.5. The highest BCUT2D eigenvalue weighted by atomic mass is 32.1. The fraction of sp³-hybridized carbons (Fsp3) is 0.556. The van der Waals surface area contributed by atoms with Gasteiger partial charge in [0.05, 0.1) is 9.75 Å².